The second-order valence-corrected chi connectivity index (χ2v) is 13.1. The molecule has 255 valence electrons. The van der Waals surface area contributed by atoms with Crippen LogP contribution in [0.1, 0.15) is 36.1 Å². The zero-order chi connectivity index (χ0) is 34.6. The molecule has 4 heterocycles. The molecule has 0 amide bonds. The minimum Gasteiger partial charge on any atom is -0.486 e. The summed E-state index contributed by atoms with van der Waals surface area (Å²) in [6, 6.07) is 45.5. The fourth-order valence-electron chi connectivity index (χ4n) is 6.57. The minimum absolute atomic E-state index is 0. The number of benzene rings is 4. The molecule has 4 aromatic heterocycles. The molecule has 0 bridgehead atoms. The molecule has 5 heteroatoms. The van der Waals surface area contributed by atoms with Crippen LogP contribution in [0.2, 0.25) is 0 Å². The maximum Gasteiger partial charge on any atom is 0.216 e. The molecule has 0 atom stereocenters. The molecule has 0 N–H and O–H groups in total. The Balaban J connectivity index is 0.000000291. The van der Waals surface area contributed by atoms with Crippen LogP contribution < -0.4 is 0 Å². The first kappa shape index (κ1) is 35.6. The Labute approximate surface area is 314 Å². The Bertz CT molecular complexity index is 2360. The van der Waals surface area contributed by atoms with Crippen LogP contribution in [0.3, 0.4) is 0 Å². The molecular formula is C46H39IrN3O-2. The third kappa shape index (κ3) is 7.61. The number of aryl methyl sites for hydroxylation is 2. The van der Waals surface area contributed by atoms with Crippen LogP contribution in [0.4, 0.5) is 0 Å². The van der Waals surface area contributed by atoms with Crippen LogP contribution in [0.25, 0.3) is 67.0 Å². The van der Waals surface area contributed by atoms with Gasteiger partial charge in [-0.25, -0.2) is 4.98 Å². The number of aromatic nitrogens is 3. The van der Waals surface area contributed by atoms with Gasteiger partial charge in [-0.1, -0.05) is 91.0 Å². The predicted octanol–water partition coefficient (Wildman–Crippen LogP) is 11.8. The van der Waals surface area contributed by atoms with Gasteiger partial charge in [0.25, 0.3) is 0 Å². The van der Waals surface area contributed by atoms with E-state index in [9.17, 15) is 0 Å². The molecule has 0 unspecified atom stereocenters. The monoisotopic (exact) mass is 842 g/mol. The molecule has 51 heavy (non-hydrogen) atoms. The van der Waals surface area contributed by atoms with Crippen molar-refractivity contribution >= 4 is 22.1 Å². The third-order valence-corrected chi connectivity index (χ3v) is 9.07. The Hall–Kier alpha value is -5.22. The Morgan fingerprint density at radius 2 is 1.49 bits per heavy atom. The van der Waals surface area contributed by atoms with Crippen LogP contribution in [0, 0.1) is 38.8 Å². The topological polar surface area (TPSA) is 51.8 Å². The summed E-state index contributed by atoms with van der Waals surface area (Å²) in [5.74, 6) is 0.590. The number of fused-ring (bicyclic) bond motifs is 3. The molecule has 0 aliphatic heterocycles. The molecule has 1 radical (unpaired) electrons. The van der Waals surface area contributed by atoms with Crippen LogP contribution >= 0.6 is 0 Å². The molecule has 0 spiro atoms. The first-order valence-electron chi connectivity index (χ1n) is 17.1. The van der Waals surface area contributed by atoms with Crippen molar-refractivity contribution in [3.8, 4) is 44.9 Å². The Kier molecular flexibility index (Phi) is 11.0. The first-order chi connectivity index (χ1) is 24.4. The van der Waals surface area contributed by atoms with Crippen LogP contribution in [-0.2, 0) is 26.5 Å². The van der Waals surface area contributed by atoms with Crippen molar-refractivity contribution in [2.75, 3.05) is 0 Å². The quantitative estimate of drug-likeness (QED) is 0.157. The fourth-order valence-corrected chi connectivity index (χ4v) is 6.57. The number of pyridine rings is 3. The van der Waals surface area contributed by atoms with E-state index in [0.29, 0.717) is 11.6 Å². The molecule has 8 aromatic rings. The minimum atomic E-state index is 0. The van der Waals surface area contributed by atoms with Gasteiger partial charge >= 0.3 is 0 Å². The maximum atomic E-state index is 6.45. The Morgan fingerprint density at radius 1 is 0.686 bits per heavy atom. The summed E-state index contributed by atoms with van der Waals surface area (Å²) >= 11 is 0. The van der Waals surface area contributed by atoms with E-state index in [4.69, 9.17) is 14.4 Å². The summed E-state index contributed by atoms with van der Waals surface area (Å²) in [6.45, 7) is 10.9. The number of nitrogens with zero attached hydrogens (tertiary/aromatic N) is 3. The second-order valence-electron chi connectivity index (χ2n) is 13.1. The van der Waals surface area contributed by atoms with E-state index in [-0.39, 0.29) is 20.1 Å². The normalized spacial score (nSPS) is 10.9. The summed E-state index contributed by atoms with van der Waals surface area (Å²) in [4.78, 5) is 14.1. The summed E-state index contributed by atoms with van der Waals surface area (Å²) in [7, 11) is 0. The number of rotatable bonds is 6. The van der Waals surface area contributed by atoms with Gasteiger partial charge in [0, 0.05) is 43.4 Å². The average molecular weight is 842 g/mol. The van der Waals surface area contributed by atoms with Crippen molar-refractivity contribution in [1.29, 1.82) is 0 Å². The fraction of sp³-hybridized carbons (Fsp3) is 0.152. The van der Waals surface area contributed by atoms with Crippen LogP contribution in [0.5, 0.6) is 0 Å². The van der Waals surface area contributed by atoms with E-state index in [1.807, 2.05) is 60.8 Å². The van der Waals surface area contributed by atoms with Gasteiger partial charge in [-0.15, -0.1) is 54.1 Å². The summed E-state index contributed by atoms with van der Waals surface area (Å²) in [5, 5.41) is 2.03. The van der Waals surface area contributed by atoms with Crippen molar-refractivity contribution in [2.45, 2.75) is 41.0 Å². The van der Waals surface area contributed by atoms with E-state index in [1.165, 1.54) is 33.4 Å². The van der Waals surface area contributed by atoms with Crippen LogP contribution in [-0.4, -0.2) is 15.0 Å². The van der Waals surface area contributed by atoms with E-state index in [0.717, 1.165) is 56.5 Å². The van der Waals surface area contributed by atoms with Crippen molar-refractivity contribution in [3.05, 3.63) is 162 Å². The SMILES string of the molecule is Cc1cc(-c2[c-]ccc3c2oc2nc(-c4c(C)ccc(-c5ccccc5)c4C)ccc23)ncc1CC(C)C.[Ir].[c-]1ccccc1-c1ccccn1. The van der Waals surface area contributed by atoms with Gasteiger partial charge in [-0.3, -0.25) is 0 Å². The summed E-state index contributed by atoms with van der Waals surface area (Å²) in [5.41, 5.74) is 14.6. The maximum absolute atomic E-state index is 6.45. The smallest absolute Gasteiger partial charge is 0.216 e. The molecule has 4 nitrogen and oxygen atoms in total. The molecule has 0 saturated heterocycles. The number of hydrogen-bond acceptors (Lipinski definition) is 4. The molecule has 4 aromatic carbocycles. The first-order valence-corrected chi connectivity index (χ1v) is 17.1. The van der Waals surface area contributed by atoms with Gasteiger partial charge in [-0.2, -0.15) is 0 Å². The van der Waals surface area contributed by atoms with Gasteiger partial charge in [-0.05, 0) is 90.5 Å². The third-order valence-electron chi connectivity index (χ3n) is 9.07. The molecule has 0 saturated carbocycles. The standard InChI is InChI=1S/C35H31N2O.C11H8N.Ir/c1-21(2)18-26-20-36-32(19-23(26)4)30-13-9-12-28-29-16-17-31(37-35(29)38-34(28)30)33-22(3)14-15-27(24(33)5)25-10-7-6-8-11-25;1-2-6-10(7-3-1)11-8-4-5-9-12-11;/h6-12,14-17,19-21H,18H2,1-5H3;1-6,8-9H;/q2*-1;. The van der Waals surface area contributed by atoms with E-state index >= 15 is 0 Å². The van der Waals surface area contributed by atoms with Gasteiger partial charge in [0.05, 0.1) is 11.3 Å². The van der Waals surface area contributed by atoms with Gasteiger partial charge in [0.2, 0.25) is 5.71 Å². The molecule has 0 fully saturated rings. The molecule has 8 rings (SSSR count). The van der Waals surface area contributed by atoms with Gasteiger partial charge in [0.1, 0.15) is 0 Å². The number of hydrogen-bond donors (Lipinski definition) is 0. The van der Waals surface area contributed by atoms with Crippen LogP contribution in [0.15, 0.2) is 132 Å². The molecule has 0 aliphatic rings. The van der Waals surface area contributed by atoms with E-state index < -0.39 is 0 Å². The zero-order valence-corrected chi connectivity index (χ0v) is 31.9. The molecule has 0 aliphatic carbocycles. The zero-order valence-electron chi connectivity index (χ0n) is 29.5. The van der Waals surface area contributed by atoms with Crippen molar-refractivity contribution in [2.24, 2.45) is 5.92 Å². The largest absolute Gasteiger partial charge is 0.486 e. The number of furan rings is 1. The van der Waals surface area contributed by atoms with E-state index in [1.54, 1.807) is 6.20 Å². The van der Waals surface area contributed by atoms with Gasteiger partial charge in [0.15, 0.2) is 0 Å². The Morgan fingerprint density at radius 3 is 2.22 bits per heavy atom. The molecular weight excluding hydrogens is 803 g/mol. The van der Waals surface area contributed by atoms with Crippen molar-refractivity contribution in [3.63, 3.8) is 0 Å². The summed E-state index contributed by atoms with van der Waals surface area (Å²) < 4.78 is 6.45. The van der Waals surface area contributed by atoms with E-state index in [2.05, 4.69) is 112 Å². The van der Waals surface area contributed by atoms with Crippen molar-refractivity contribution < 1.29 is 24.5 Å². The summed E-state index contributed by atoms with van der Waals surface area (Å²) in [6.07, 6.45) is 4.81. The predicted molar refractivity (Wildman–Crippen MR) is 206 cm³/mol. The van der Waals surface area contributed by atoms with Gasteiger partial charge < -0.3 is 14.4 Å². The van der Waals surface area contributed by atoms with Crippen molar-refractivity contribution in [1.82, 2.24) is 15.0 Å². The second kappa shape index (κ2) is 15.8. The average Bonchev–Trinajstić information content (AvgIpc) is 3.52.